The summed E-state index contributed by atoms with van der Waals surface area (Å²) in [5.74, 6) is 0.988. The summed E-state index contributed by atoms with van der Waals surface area (Å²) in [5, 5.41) is 4.26. The van der Waals surface area contributed by atoms with Gasteiger partial charge < -0.3 is 4.74 Å². The molecule has 0 radical (unpaired) electrons. The van der Waals surface area contributed by atoms with Gasteiger partial charge in [0.25, 0.3) is 0 Å². The summed E-state index contributed by atoms with van der Waals surface area (Å²) in [5.41, 5.74) is 1.19. The molecule has 2 aromatic rings. The Bertz CT molecular complexity index is 555. The topological polar surface area (TPSA) is 43.2 Å². The Morgan fingerprint density at radius 3 is 3.05 bits per heavy atom. The zero-order valence-electron chi connectivity index (χ0n) is 12.5. The lowest BCUT2D eigenvalue weighted by atomic mass is 10.1. The monoisotopic (exact) mass is 286 g/mol. The number of benzene rings is 1. The van der Waals surface area contributed by atoms with Crippen LogP contribution in [0.15, 0.2) is 36.9 Å². The van der Waals surface area contributed by atoms with Crippen LogP contribution in [0.3, 0.4) is 0 Å². The number of likely N-dealkylation sites (tertiary alicyclic amines) is 1. The predicted molar refractivity (Wildman–Crippen MR) is 81.4 cm³/mol. The molecule has 1 aliphatic rings. The fraction of sp³-hybridized carbons (Fsp3) is 0.500. The molecule has 0 amide bonds. The third-order valence-electron chi connectivity index (χ3n) is 4.05. The number of hydrogen-bond donors (Lipinski definition) is 0. The summed E-state index contributed by atoms with van der Waals surface area (Å²) in [7, 11) is 0. The molecule has 1 fully saturated rings. The Balaban J connectivity index is 1.48. The molecule has 5 heteroatoms. The molecule has 1 aliphatic heterocycles. The molecule has 1 aromatic heterocycles. The summed E-state index contributed by atoms with van der Waals surface area (Å²) in [6, 6.07) is 8.61. The van der Waals surface area contributed by atoms with Crippen molar-refractivity contribution in [2.45, 2.75) is 25.8 Å². The molecule has 112 valence electrons. The van der Waals surface area contributed by atoms with Gasteiger partial charge in [-0.25, -0.2) is 9.67 Å². The highest BCUT2D eigenvalue weighted by molar-refractivity contribution is 5.31. The standard InChI is InChI=1S/C16H22N4O/c1-14-5-2-3-7-16(14)21-10-9-19-8-4-6-15(11-19)20-13-17-12-18-20/h2-3,5,7,12-13,15H,4,6,8-11H2,1H3. The second kappa shape index (κ2) is 6.72. The van der Waals surface area contributed by atoms with Crippen molar-refractivity contribution < 1.29 is 4.74 Å². The summed E-state index contributed by atoms with van der Waals surface area (Å²) >= 11 is 0. The summed E-state index contributed by atoms with van der Waals surface area (Å²) in [6.07, 6.45) is 5.81. The van der Waals surface area contributed by atoms with Gasteiger partial charge in [-0.15, -0.1) is 0 Å². The maximum absolute atomic E-state index is 5.89. The van der Waals surface area contributed by atoms with Gasteiger partial charge in [-0.3, -0.25) is 4.90 Å². The van der Waals surface area contributed by atoms with E-state index in [1.165, 1.54) is 18.4 Å². The van der Waals surface area contributed by atoms with Crippen molar-refractivity contribution in [3.63, 3.8) is 0 Å². The first kappa shape index (κ1) is 14.1. The highest BCUT2D eigenvalue weighted by Gasteiger charge is 2.21. The van der Waals surface area contributed by atoms with E-state index in [4.69, 9.17) is 4.74 Å². The number of ether oxygens (including phenoxy) is 1. The van der Waals surface area contributed by atoms with Crippen LogP contribution in [0.4, 0.5) is 0 Å². The van der Waals surface area contributed by atoms with E-state index in [1.54, 1.807) is 6.33 Å². The van der Waals surface area contributed by atoms with Crippen molar-refractivity contribution in [3.05, 3.63) is 42.5 Å². The maximum Gasteiger partial charge on any atom is 0.137 e. The largest absolute Gasteiger partial charge is 0.492 e. The van der Waals surface area contributed by atoms with Crippen LogP contribution >= 0.6 is 0 Å². The zero-order valence-corrected chi connectivity index (χ0v) is 12.5. The van der Waals surface area contributed by atoms with Crippen LogP contribution in [0.25, 0.3) is 0 Å². The number of aryl methyl sites for hydroxylation is 1. The van der Waals surface area contributed by atoms with Crippen LogP contribution in [-0.4, -0.2) is 45.9 Å². The van der Waals surface area contributed by atoms with E-state index < -0.39 is 0 Å². The minimum absolute atomic E-state index is 0.444. The van der Waals surface area contributed by atoms with Crippen molar-refractivity contribution >= 4 is 0 Å². The molecule has 1 aromatic carbocycles. The molecule has 0 saturated carbocycles. The van der Waals surface area contributed by atoms with Gasteiger partial charge >= 0.3 is 0 Å². The lowest BCUT2D eigenvalue weighted by molar-refractivity contribution is 0.144. The van der Waals surface area contributed by atoms with Crippen LogP contribution < -0.4 is 4.74 Å². The van der Waals surface area contributed by atoms with Crippen molar-refractivity contribution in [2.75, 3.05) is 26.2 Å². The van der Waals surface area contributed by atoms with Crippen molar-refractivity contribution in [2.24, 2.45) is 0 Å². The minimum atomic E-state index is 0.444. The maximum atomic E-state index is 5.89. The molecule has 1 unspecified atom stereocenters. The molecular weight excluding hydrogens is 264 g/mol. The van der Waals surface area contributed by atoms with E-state index in [1.807, 2.05) is 29.2 Å². The number of rotatable bonds is 5. The highest BCUT2D eigenvalue weighted by Crippen LogP contribution is 2.20. The first-order valence-corrected chi connectivity index (χ1v) is 7.58. The Kier molecular flexibility index (Phi) is 4.50. The fourth-order valence-corrected chi connectivity index (χ4v) is 2.86. The van der Waals surface area contributed by atoms with Gasteiger partial charge in [0.2, 0.25) is 0 Å². The Labute approximate surface area is 125 Å². The SMILES string of the molecule is Cc1ccccc1OCCN1CCCC(n2cncn2)C1. The number of para-hydroxylation sites is 1. The second-order valence-electron chi connectivity index (χ2n) is 5.59. The van der Waals surface area contributed by atoms with Gasteiger partial charge in [-0.1, -0.05) is 18.2 Å². The van der Waals surface area contributed by atoms with E-state index in [9.17, 15) is 0 Å². The quantitative estimate of drug-likeness (QED) is 0.846. The molecule has 3 rings (SSSR count). The third kappa shape index (κ3) is 3.61. The van der Waals surface area contributed by atoms with Crippen molar-refractivity contribution in [3.8, 4) is 5.75 Å². The molecule has 1 atom stereocenters. The van der Waals surface area contributed by atoms with Crippen LogP contribution in [0.1, 0.15) is 24.4 Å². The molecule has 21 heavy (non-hydrogen) atoms. The zero-order chi connectivity index (χ0) is 14.5. The molecule has 2 heterocycles. The van der Waals surface area contributed by atoms with Gasteiger partial charge in [0, 0.05) is 13.1 Å². The van der Waals surface area contributed by atoms with E-state index in [2.05, 4.69) is 28.0 Å². The fourth-order valence-electron chi connectivity index (χ4n) is 2.86. The van der Waals surface area contributed by atoms with E-state index >= 15 is 0 Å². The van der Waals surface area contributed by atoms with Crippen molar-refractivity contribution in [1.29, 1.82) is 0 Å². The summed E-state index contributed by atoms with van der Waals surface area (Å²) in [6.45, 7) is 5.94. The number of aromatic nitrogens is 3. The van der Waals surface area contributed by atoms with Crippen LogP contribution in [0.5, 0.6) is 5.75 Å². The Hall–Kier alpha value is -1.88. The molecular formula is C16H22N4O. The molecule has 0 aliphatic carbocycles. The van der Waals surface area contributed by atoms with Gasteiger partial charge in [0.05, 0.1) is 6.04 Å². The van der Waals surface area contributed by atoms with Gasteiger partial charge in [-0.2, -0.15) is 5.10 Å². The normalized spacial score (nSPS) is 19.6. The third-order valence-corrected chi connectivity index (χ3v) is 4.05. The van der Waals surface area contributed by atoms with Crippen LogP contribution in [-0.2, 0) is 0 Å². The van der Waals surface area contributed by atoms with E-state index in [0.29, 0.717) is 6.04 Å². The number of piperidine rings is 1. The first-order chi connectivity index (χ1) is 10.3. The lowest BCUT2D eigenvalue weighted by Gasteiger charge is -2.32. The van der Waals surface area contributed by atoms with E-state index in [0.717, 1.165) is 32.0 Å². The lowest BCUT2D eigenvalue weighted by Crippen LogP contribution is -2.39. The average Bonchev–Trinajstić information content (AvgIpc) is 3.04. The van der Waals surface area contributed by atoms with Crippen molar-refractivity contribution in [1.82, 2.24) is 19.7 Å². The average molecular weight is 286 g/mol. The molecule has 0 bridgehead atoms. The van der Waals surface area contributed by atoms with Gasteiger partial charge in [0.1, 0.15) is 25.0 Å². The second-order valence-corrected chi connectivity index (χ2v) is 5.59. The molecule has 1 saturated heterocycles. The molecule has 0 spiro atoms. The first-order valence-electron chi connectivity index (χ1n) is 7.58. The smallest absolute Gasteiger partial charge is 0.137 e. The van der Waals surface area contributed by atoms with Gasteiger partial charge in [-0.05, 0) is 37.9 Å². The summed E-state index contributed by atoms with van der Waals surface area (Å²) < 4.78 is 7.87. The number of nitrogens with zero attached hydrogens (tertiary/aromatic N) is 4. The van der Waals surface area contributed by atoms with Crippen LogP contribution in [0.2, 0.25) is 0 Å². The number of hydrogen-bond acceptors (Lipinski definition) is 4. The Morgan fingerprint density at radius 2 is 2.24 bits per heavy atom. The molecule has 5 nitrogen and oxygen atoms in total. The Morgan fingerprint density at radius 1 is 1.33 bits per heavy atom. The van der Waals surface area contributed by atoms with E-state index in [-0.39, 0.29) is 0 Å². The molecule has 0 N–H and O–H groups in total. The predicted octanol–water partition coefficient (Wildman–Crippen LogP) is 2.30. The van der Waals surface area contributed by atoms with Crippen LogP contribution in [0, 0.1) is 6.92 Å². The van der Waals surface area contributed by atoms with Gasteiger partial charge in [0.15, 0.2) is 0 Å². The summed E-state index contributed by atoms with van der Waals surface area (Å²) in [4.78, 5) is 6.50. The highest BCUT2D eigenvalue weighted by atomic mass is 16.5. The minimum Gasteiger partial charge on any atom is -0.492 e.